The van der Waals surface area contributed by atoms with E-state index in [1.165, 1.54) is 13.2 Å². The number of carboxylic acids is 1. The normalized spacial score (nSPS) is 15.9. The van der Waals surface area contributed by atoms with Crippen LogP contribution < -0.4 is 5.32 Å². The molecule has 0 aromatic heterocycles. The van der Waals surface area contributed by atoms with Gasteiger partial charge in [0.15, 0.2) is 0 Å². The fourth-order valence-corrected chi connectivity index (χ4v) is 1.67. The van der Waals surface area contributed by atoms with Gasteiger partial charge in [0.2, 0.25) is 0 Å². The summed E-state index contributed by atoms with van der Waals surface area (Å²) in [5.74, 6) is -1.48. The monoisotopic (exact) mass is 274 g/mol. The fourth-order valence-electron chi connectivity index (χ4n) is 1.67. The van der Waals surface area contributed by atoms with Gasteiger partial charge >= 0.3 is 11.9 Å². The Bertz CT molecular complexity index is 426. The van der Waals surface area contributed by atoms with Crippen molar-refractivity contribution in [2.45, 2.75) is 25.8 Å². The van der Waals surface area contributed by atoms with Crippen LogP contribution in [0.15, 0.2) is 35.6 Å². The van der Waals surface area contributed by atoms with Gasteiger partial charge in [0.1, 0.15) is 6.04 Å². The van der Waals surface area contributed by atoms with Gasteiger partial charge in [-0.3, -0.25) is 0 Å². The summed E-state index contributed by atoms with van der Waals surface area (Å²) in [7, 11) is 1.27. The van der Waals surface area contributed by atoms with E-state index in [-0.39, 0.29) is 29.6 Å². The van der Waals surface area contributed by atoms with Crippen molar-refractivity contribution in [2.75, 3.05) is 7.11 Å². The second-order valence-electron chi connectivity index (χ2n) is 3.96. The number of carbonyl (C=O) groups is 2. The smallest absolute Gasteiger partial charge is 0.332 e. The van der Waals surface area contributed by atoms with E-state index in [4.69, 9.17) is 0 Å². The van der Waals surface area contributed by atoms with Crippen molar-refractivity contribution < 1.29 is 19.4 Å². The van der Waals surface area contributed by atoms with Crippen LogP contribution in [-0.4, -0.2) is 59.8 Å². The predicted octanol–water partition coefficient (Wildman–Crippen LogP) is 1.00. The molecular formula is C13H17NNaO4. The van der Waals surface area contributed by atoms with E-state index in [1.807, 2.05) is 18.2 Å². The molecule has 19 heavy (non-hydrogen) atoms. The van der Waals surface area contributed by atoms with Crippen LogP contribution in [0.5, 0.6) is 0 Å². The molecule has 0 fully saturated rings. The fraction of sp³-hybridized carbons (Fsp3) is 0.385. The summed E-state index contributed by atoms with van der Waals surface area (Å²) in [6.07, 6.45) is 8.38. The van der Waals surface area contributed by atoms with Gasteiger partial charge in [-0.05, 0) is 25.3 Å². The first-order valence-corrected chi connectivity index (χ1v) is 5.64. The van der Waals surface area contributed by atoms with Gasteiger partial charge in [0.05, 0.1) is 7.11 Å². The van der Waals surface area contributed by atoms with Gasteiger partial charge in [-0.15, -0.1) is 0 Å². The predicted molar refractivity (Wildman–Crippen MR) is 72.5 cm³/mol. The van der Waals surface area contributed by atoms with E-state index in [0.717, 1.165) is 12.0 Å². The molecule has 2 N–H and O–H groups in total. The van der Waals surface area contributed by atoms with Gasteiger partial charge in [0, 0.05) is 41.3 Å². The van der Waals surface area contributed by atoms with Gasteiger partial charge < -0.3 is 15.2 Å². The zero-order valence-electron chi connectivity index (χ0n) is 11.5. The number of carbonyl (C=O) groups excluding carboxylic acids is 1. The van der Waals surface area contributed by atoms with Crippen LogP contribution in [0, 0.1) is 0 Å². The van der Waals surface area contributed by atoms with Crippen molar-refractivity contribution in [1.29, 1.82) is 0 Å². The molecule has 0 aliphatic heterocycles. The van der Waals surface area contributed by atoms with Crippen molar-refractivity contribution in [2.24, 2.45) is 0 Å². The molecule has 0 spiro atoms. The third-order valence-corrected chi connectivity index (χ3v) is 2.56. The molecule has 0 unspecified atom stereocenters. The third-order valence-electron chi connectivity index (χ3n) is 2.56. The van der Waals surface area contributed by atoms with Crippen LogP contribution in [0.2, 0.25) is 0 Å². The minimum absolute atomic E-state index is 0. The molecular weight excluding hydrogens is 257 g/mol. The van der Waals surface area contributed by atoms with Crippen LogP contribution in [0.25, 0.3) is 0 Å². The summed E-state index contributed by atoms with van der Waals surface area (Å²) >= 11 is 0. The number of esters is 1. The summed E-state index contributed by atoms with van der Waals surface area (Å²) in [5.41, 5.74) is 1.26. The van der Waals surface area contributed by atoms with Crippen LogP contribution in [0.3, 0.4) is 0 Å². The van der Waals surface area contributed by atoms with Crippen LogP contribution in [0.4, 0.5) is 0 Å². The molecule has 0 aromatic rings. The zero-order chi connectivity index (χ0) is 13.5. The zero-order valence-corrected chi connectivity index (χ0v) is 13.5. The van der Waals surface area contributed by atoms with E-state index in [2.05, 4.69) is 10.1 Å². The topological polar surface area (TPSA) is 75.6 Å². The Hall–Kier alpha value is -1.04. The largest absolute Gasteiger partial charge is 0.479 e. The summed E-state index contributed by atoms with van der Waals surface area (Å²) < 4.78 is 4.48. The molecule has 6 heteroatoms. The van der Waals surface area contributed by atoms with E-state index in [1.54, 1.807) is 6.92 Å². The summed E-state index contributed by atoms with van der Waals surface area (Å²) in [6, 6.07) is -0.809. The Labute approximate surface area is 134 Å². The van der Waals surface area contributed by atoms with Crippen molar-refractivity contribution >= 4 is 41.5 Å². The van der Waals surface area contributed by atoms with Gasteiger partial charge in [0.25, 0.3) is 0 Å². The average Bonchev–Trinajstić information content (AvgIpc) is 2.36. The maximum Gasteiger partial charge on any atom is 0.332 e. The minimum Gasteiger partial charge on any atom is -0.479 e. The molecule has 1 radical (unpaired) electrons. The minimum atomic E-state index is -0.964. The van der Waals surface area contributed by atoms with Crippen molar-refractivity contribution in [3.63, 3.8) is 0 Å². The Balaban J connectivity index is 0.00000324. The number of carboxylic acid groups (broad SMARTS) is 1. The SMILES string of the molecule is COC(=O)C=C(C)N[C@@H](C(=O)O)C1=CCC=CC1.[Na]. The van der Waals surface area contributed by atoms with Crippen LogP contribution >= 0.6 is 0 Å². The third kappa shape index (κ3) is 6.09. The maximum absolute atomic E-state index is 11.2. The number of nitrogens with one attached hydrogen (secondary N) is 1. The Kier molecular flexibility index (Phi) is 8.47. The van der Waals surface area contributed by atoms with Gasteiger partial charge in [-0.2, -0.15) is 0 Å². The Morgan fingerprint density at radius 1 is 1.47 bits per heavy atom. The maximum atomic E-state index is 11.2. The second-order valence-corrected chi connectivity index (χ2v) is 3.96. The molecule has 0 saturated carbocycles. The average molecular weight is 274 g/mol. The van der Waals surface area contributed by atoms with Crippen LogP contribution in [-0.2, 0) is 14.3 Å². The van der Waals surface area contributed by atoms with E-state index < -0.39 is 18.0 Å². The summed E-state index contributed by atoms with van der Waals surface area (Å²) in [4.78, 5) is 22.3. The number of aliphatic carboxylic acids is 1. The van der Waals surface area contributed by atoms with E-state index in [9.17, 15) is 14.7 Å². The number of rotatable bonds is 5. The Morgan fingerprint density at radius 2 is 2.16 bits per heavy atom. The summed E-state index contributed by atoms with van der Waals surface area (Å²) in [5, 5.41) is 12.0. The van der Waals surface area contributed by atoms with Gasteiger partial charge in [-0.25, -0.2) is 9.59 Å². The number of hydrogen-bond donors (Lipinski definition) is 2. The first-order valence-electron chi connectivity index (χ1n) is 5.64. The number of methoxy groups -OCH3 is 1. The summed E-state index contributed by atoms with van der Waals surface area (Å²) in [6.45, 7) is 1.63. The van der Waals surface area contributed by atoms with Gasteiger partial charge in [-0.1, -0.05) is 18.2 Å². The first-order chi connectivity index (χ1) is 8.54. The molecule has 5 nitrogen and oxygen atoms in total. The number of hydrogen-bond acceptors (Lipinski definition) is 4. The quantitative estimate of drug-likeness (QED) is 0.338. The molecule has 1 aliphatic rings. The second kappa shape index (κ2) is 8.96. The van der Waals surface area contributed by atoms with Crippen molar-refractivity contribution in [3.8, 4) is 0 Å². The molecule has 0 amide bonds. The molecule has 1 aliphatic carbocycles. The molecule has 1 atom stereocenters. The van der Waals surface area contributed by atoms with Crippen molar-refractivity contribution in [1.82, 2.24) is 5.32 Å². The Morgan fingerprint density at radius 3 is 2.63 bits per heavy atom. The molecule has 0 aromatic carbocycles. The molecule has 0 bridgehead atoms. The standard InChI is InChI=1S/C13H17NO4.Na/c1-9(8-11(15)18-2)14-12(13(16)17)10-6-4-3-5-7-10;/h3-4,7-8,12,14H,5-6H2,1-2H3,(H,16,17);/t12-;/m1./s1. The van der Waals surface area contributed by atoms with Crippen LogP contribution in [0.1, 0.15) is 19.8 Å². The molecule has 0 saturated heterocycles. The molecule has 1 rings (SSSR count). The van der Waals surface area contributed by atoms with E-state index >= 15 is 0 Å². The first kappa shape index (κ1) is 18.0. The molecule has 99 valence electrons. The van der Waals surface area contributed by atoms with Crippen molar-refractivity contribution in [3.05, 3.63) is 35.6 Å². The number of allylic oxidation sites excluding steroid dienone is 4. The van der Waals surface area contributed by atoms with E-state index in [0.29, 0.717) is 12.1 Å². The molecule has 0 heterocycles. The number of ether oxygens (including phenoxy) is 1.